The van der Waals surface area contributed by atoms with Crippen LogP contribution in [0.2, 0.25) is 0 Å². The highest BCUT2D eigenvalue weighted by molar-refractivity contribution is 5.17. The summed E-state index contributed by atoms with van der Waals surface area (Å²) in [5, 5.41) is 0. The van der Waals surface area contributed by atoms with Crippen LogP contribution in [0.5, 0.6) is 5.75 Å². The van der Waals surface area contributed by atoms with Crippen molar-refractivity contribution < 1.29 is 4.74 Å². The number of nitrogens with zero attached hydrogens (tertiary/aromatic N) is 1. The fraction of sp³-hybridized carbons (Fsp3) is 0.182. The zero-order valence-electron chi connectivity index (χ0n) is 7.98. The summed E-state index contributed by atoms with van der Waals surface area (Å²) in [6, 6.07) is 3.41. The molecule has 0 aliphatic heterocycles. The molecule has 14 heavy (non-hydrogen) atoms. The third-order valence-corrected chi connectivity index (χ3v) is 1.67. The van der Waals surface area contributed by atoms with Gasteiger partial charge < -0.3 is 9.30 Å². The fourth-order valence-electron chi connectivity index (χ4n) is 1.06. The van der Waals surface area contributed by atoms with E-state index in [4.69, 9.17) is 4.74 Å². The molecule has 1 rings (SSSR count). The maximum absolute atomic E-state index is 11.6. The van der Waals surface area contributed by atoms with Gasteiger partial charge in [-0.3, -0.25) is 4.79 Å². The summed E-state index contributed by atoms with van der Waals surface area (Å²) in [5.41, 5.74) is -0.144. The molecule has 0 aliphatic rings. The second kappa shape index (κ2) is 5.07. The molecule has 0 saturated carbocycles. The second-order valence-corrected chi connectivity index (χ2v) is 2.72. The normalized spacial score (nSPS) is 9.43. The Kier molecular flexibility index (Phi) is 3.73. The van der Waals surface area contributed by atoms with Gasteiger partial charge in [0.05, 0.1) is 0 Å². The van der Waals surface area contributed by atoms with Crippen LogP contribution >= 0.6 is 0 Å². The van der Waals surface area contributed by atoms with Crippen LogP contribution < -0.4 is 10.3 Å². The number of pyridine rings is 1. The van der Waals surface area contributed by atoms with Crippen LogP contribution in [0, 0.1) is 0 Å². The molecule has 1 aromatic rings. The minimum absolute atomic E-state index is 0.144. The number of aromatic nitrogens is 1. The third kappa shape index (κ3) is 2.36. The minimum Gasteiger partial charge on any atom is -0.484 e. The lowest BCUT2D eigenvalue weighted by Gasteiger charge is -2.05. The first-order chi connectivity index (χ1) is 6.79. The molecule has 3 nitrogen and oxygen atoms in total. The topological polar surface area (TPSA) is 31.2 Å². The van der Waals surface area contributed by atoms with E-state index in [1.54, 1.807) is 30.5 Å². The summed E-state index contributed by atoms with van der Waals surface area (Å²) in [7, 11) is 0. The fourth-order valence-corrected chi connectivity index (χ4v) is 1.06. The Balaban J connectivity index is 2.94. The Morgan fingerprint density at radius 1 is 1.43 bits per heavy atom. The molecule has 0 amide bonds. The molecule has 3 heteroatoms. The van der Waals surface area contributed by atoms with Crippen LogP contribution in [0.25, 0.3) is 0 Å². The molecule has 0 radical (unpaired) electrons. The molecule has 0 aromatic carbocycles. The highest BCUT2D eigenvalue weighted by Gasteiger charge is 2.01. The van der Waals surface area contributed by atoms with Crippen molar-refractivity contribution in [3.05, 3.63) is 54.0 Å². The van der Waals surface area contributed by atoms with Gasteiger partial charge in [-0.1, -0.05) is 18.7 Å². The summed E-state index contributed by atoms with van der Waals surface area (Å²) in [4.78, 5) is 11.6. The van der Waals surface area contributed by atoms with Crippen LogP contribution in [0.4, 0.5) is 0 Å². The lowest BCUT2D eigenvalue weighted by atomic mass is 10.4. The van der Waals surface area contributed by atoms with E-state index >= 15 is 0 Å². The van der Waals surface area contributed by atoms with E-state index in [-0.39, 0.29) is 5.56 Å². The molecule has 74 valence electrons. The largest absolute Gasteiger partial charge is 0.484 e. The van der Waals surface area contributed by atoms with Gasteiger partial charge in [-0.2, -0.15) is 0 Å². The van der Waals surface area contributed by atoms with E-state index in [1.165, 1.54) is 4.57 Å². The smallest absolute Gasteiger partial charge is 0.293 e. The van der Waals surface area contributed by atoms with E-state index in [2.05, 4.69) is 13.2 Å². The molecule has 0 fully saturated rings. The molecule has 0 saturated heterocycles. The Morgan fingerprint density at radius 3 is 2.86 bits per heavy atom. The van der Waals surface area contributed by atoms with Gasteiger partial charge in [-0.05, 0) is 12.1 Å². The Hall–Kier alpha value is -1.77. The third-order valence-electron chi connectivity index (χ3n) is 1.67. The number of hydrogen-bond donors (Lipinski definition) is 0. The average molecular weight is 191 g/mol. The van der Waals surface area contributed by atoms with Crippen molar-refractivity contribution in [3.63, 3.8) is 0 Å². The van der Waals surface area contributed by atoms with E-state index < -0.39 is 0 Å². The first-order valence-electron chi connectivity index (χ1n) is 4.33. The Bertz CT molecular complexity index is 379. The first kappa shape index (κ1) is 10.3. The van der Waals surface area contributed by atoms with Crippen molar-refractivity contribution >= 4 is 0 Å². The van der Waals surface area contributed by atoms with Crippen molar-refractivity contribution in [2.45, 2.75) is 6.54 Å². The van der Waals surface area contributed by atoms with Crippen LogP contribution in [0.1, 0.15) is 0 Å². The van der Waals surface area contributed by atoms with E-state index in [9.17, 15) is 4.79 Å². The summed E-state index contributed by atoms with van der Waals surface area (Å²) in [6.07, 6.45) is 4.97. The van der Waals surface area contributed by atoms with Gasteiger partial charge in [-0.15, -0.1) is 6.58 Å². The number of ether oxygens (including phenoxy) is 1. The molecule has 0 bridgehead atoms. The summed E-state index contributed by atoms with van der Waals surface area (Å²) < 4.78 is 6.72. The lowest BCUT2D eigenvalue weighted by molar-refractivity contribution is 0.354. The van der Waals surface area contributed by atoms with Gasteiger partial charge in [0.15, 0.2) is 5.75 Å². The molecular formula is C11H13NO2. The van der Waals surface area contributed by atoms with Crippen molar-refractivity contribution in [1.82, 2.24) is 4.57 Å². The van der Waals surface area contributed by atoms with Crippen LogP contribution in [0.3, 0.4) is 0 Å². The predicted octanol–water partition coefficient (Wildman–Crippen LogP) is 1.60. The average Bonchev–Trinajstić information content (AvgIpc) is 2.20. The summed E-state index contributed by atoms with van der Waals surface area (Å²) in [5.74, 6) is 0.342. The van der Waals surface area contributed by atoms with Crippen LogP contribution in [0.15, 0.2) is 48.4 Å². The lowest BCUT2D eigenvalue weighted by Crippen LogP contribution is -2.20. The zero-order chi connectivity index (χ0) is 10.4. The number of allylic oxidation sites excluding steroid dienone is 1. The Labute approximate surface area is 82.9 Å². The van der Waals surface area contributed by atoms with Crippen molar-refractivity contribution in [2.75, 3.05) is 6.61 Å². The highest BCUT2D eigenvalue weighted by Crippen LogP contribution is 2.01. The maximum atomic E-state index is 11.6. The first-order valence-corrected chi connectivity index (χ1v) is 4.33. The molecule has 0 atom stereocenters. The number of rotatable bonds is 5. The predicted molar refractivity (Wildman–Crippen MR) is 56.6 cm³/mol. The van der Waals surface area contributed by atoms with Crippen LogP contribution in [-0.4, -0.2) is 11.2 Å². The molecule has 1 heterocycles. The van der Waals surface area contributed by atoms with Gasteiger partial charge >= 0.3 is 0 Å². The quantitative estimate of drug-likeness (QED) is 0.662. The SMILES string of the molecule is C=CCOc1cccn(CC=C)c1=O. The molecular weight excluding hydrogens is 178 g/mol. The number of hydrogen-bond acceptors (Lipinski definition) is 2. The molecule has 0 aliphatic carbocycles. The van der Waals surface area contributed by atoms with Crippen molar-refractivity contribution in [3.8, 4) is 5.75 Å². The molecule has 0 spiro atoms. The summed E-state index contributed by atoms with van der Waals surface area (Å²) >= 11 is 0. The standard InChI is InChI=1S/C11H13NO2/c1-3-7-12-8-5-6-10(11(12)13)14-9-4-2/h3-6,8H,1-2,7,9H2. The second-order valence-electron chi connectivity index (χ2n) is 2.72. The zero-order valence-corrected chi connectivity index (χ0v) is 7.98. The maximum Gasteiger partial charge on any atom is 0.293 e. The van der Waals surface area contributed by atoms with Gasteiger partial charge in [0, 0.05) is 12.7 Å². The van der Waals surface area contributed by atoms with Gasteiger partial charge in [0.25, 0.3) is 5.56 Å². The van der Waals surface area contributed by atoms with Gasteiger partial charge in [0.1, 0.15) is 6.61 Å². The monoisotopic (exact) mass is 191 g/mol. The summed E-state index contributed by atoms with van der Waals surface area (Å²) in [6.45, 7) is 7.92. The van der Waals surface area contributed by atoms with Gasteiger partial charge in [0.2, 0.25) is 0 Å². The Morgan fingerprint density at radius 2 is 2.21 bits per heavy atom. The van der Waals surface area contributed by atoms with Crippen molar-refractivity contribution in [2.24, 2.45) is 0 Å². The minimum atomic E-state index is -0.144. The molecule has 0 unspecified atom stereocenters. The van der Waals surface area contributed by atoms with E-state index in [0.29, 0.717) is 18.9 Å². The highest BCUT2D eigenvalue weighted by atomic mass is 16.5. The van der Waals surface area contributed by atoms with E-state index in [0.717, 1.165) is 0 Å². The van der Waals surface area contributed by atoms with Crippen molar-refractivity contribution in [1.29, 1.82) is 0 Å². The van der Waals surface area contributed by atoms with Gasteiger partial charge in [-0.25, -0.2) is 0 Å². The molecule has 0 N–H and O–H groups in total. The molecule has 1 aromatic heterocycles. The van der Waals surface area contributed by atoms with E-state index in [1.807, 2.05) is 0 Å². The van der Waals surface area contributed by atoms with Crippen LogP contribution in [-0.2, 0) is 6.54 Å².